The van der Waals surface area contributed by atoms with Crippen LogP contribution in [-0.4, -0.2) is 34.5 Å². The summed E-state index contributed by atoms with van der Waals surface area (Å²) in [4.78, 5) is 24.5. The lowest BCUT2D eigenvalue weighted by Crippen LogP contribution is -2.66. The van der Waals surface area contributed by atoms with Gasteiger partial charge in [0.05, 0.1) is 33.2 Å². The number of alkyl halides is 3. The molecule has 0 unspecified atom stereocenters. The summed E-state index contributed by atoms with van der Waals surface area (Å²) in [7, 11) is 0. The summed E-state index contributed by atoms with van der Waals surface area (Å²) in [6.45, 7) is 0. The molecule has 0 aliphatic carbocycles. The Morgan fingerprint density at radius 1 is 1.31 bits per heavy atom. The number of ketones is 1. The molecule has 12 heteroatoms. The summed E-state index contributed by atoms with van der Waals surface area (Å²) in [5, 5.41) is 23.8. The zero-order chi connectivity index (χ0) is 23.7. The SMILES string of the molecule is N#CC1=C(SCC(N)=O)N[C@](O)(C(F)(F)F)[C@H](C(=O)c2cccs2)[C@@H]1c1ccccc1Cl. The van der Waals surface area contributed by atoms with Gasteiger partial charge in [0, 0.05) is 10.9 Å². The zero-order valence-electron chi connectivity index (χ0n) is 16.0. The fourth-order valence-electron chi connectivity index (χ4n) is 3.47. The molecule has 4 N–H and O–H groups in total. The second-order valence-corrected chi connectivity index (χ2v) is 9.16. The number of carbonyl (C=O) groups is 2. The minimum Gasteiger partial charge on any atom is -0.369 e. The Hall–Kier alpha value is -2.52. The Morgan fingerprint density at radius 2 is 2.00 bits per heavy atom. The van der Waals surface area contributed by atoms with Crippen LogP contribution in [0.3, 0.4) is 0 Å². The van der Waals surface area contributed by atoms with Crippen LogP contribution in [-0.2, 0) is 4.79 Å². The van der Waals surface area contributed by atoms with E-state index in [2.05, 4.69) is 0 Å². The lowest BCUT2D eigenvalue weighted by atomic mass is 9.70. The third kappa shape index (κ3) is 4.36. The predicted molar refractivity (Wildman–Crippen MR) is 115 cm³/mol. The molecule has 1 aromatic heterocycles. The number of hydrogen-bond acceptors (Lipinski definition) is 7. The van der Waals surface area contributed by atoms with Crippen molar-refractivity contribution in [2.45, 2.75) is 17.8 Å². The molecule has 3 rings (SSSR count). The minimum atomic E-state index is -5.33. The van der Waals surface area contributed by atoms with Crippen LogP contribution in [0.1, 0.15) is 21.2 Å². The van der Waals surface area contributed by atoms with Crippen molar-refractivity contribution in [3.63, 3.8) is 0 Å². The van der Waals surface area contributed by atoms with E-state index in [4.69, 9.17) is 17.3 Å². The number of amides is 1. The first kappa shape index (κ1) is 24.1. The van der Waals surface area contributed by atoms with Gasteiger partial charge in [-0.25, -0.2) is 0 Å². The lowest BCUT2D eigenvalue weighted by Gasteiger charge is -2.45. The van der Waals surface area contributed by atoms with Gasteiger partial charge in [-0.2, -0.15) is 18.4 Å². The summed E-state index contributed by atoms with van der Waals surface area (Å²) >= 11 is 7.69. The van der Waals surface area contributed by atoms with E-state index >= 15 is 0 Å². The molecule has 1 aliphatic rings. The van der Waals surface area contributed by atoms with Crippen LogP contribution in [0.4, 0.5) is 13.2 Å². The average Bonchev–Trinajstić information content (AvgIpc) is 3.26. The van der Waals surface area contributed by atoms with Crippen molar-refractivity contribution in [1.29, 1.82) is 5.26 Å². The smallest absolute Gasteiger partial charge is 0.369 e. The lowest BCUT2D eigenvalue weighted by molar-refractivity contribution is -0.285. The Balaban J connectivity index is 2.33. The Morgan fingerprint density at radius 3 is 2.53 bits per heavy atom. The molecule has 1 aromatic carbocycles. The normalized spacial score (nSPS) is 23.4. The molecular weight excluding hydrogens is 487 g/mol. The summed E-state index contributed by atoms with van der Waals surface area (Å²) in [6.07, 6.45) is -5.33. The van der Waals surface area contributed by atoms with Crippen molar-refractivity contribution < 1.29 is 27.9 Å². The number of thioether (sulfide) groups is 1. The number of carbonyl (C=O) groups excluding carboxylic acids is 2. The molecule has 0 saturated heterocycles. The Kier molecular flexibility index (Phi) is 6.90. The molecule has 0 saturated carbocycles. The number of halogens is 4. The fraction of sp³-hybridized carbons (Fsp3) is 0.250. The Labute approximate surface area is 193 Å². The van der Waals surface area contributed by atoms with Crippen LogP contribution < -0.4 is 11.1 Å². The van der Waals surface area contributed by atoms with E-state index in [-0.39, 0.29) is 21.0 Å². The molecule has 0 bridgehead atoms. The topological polar surface area (TPSA) is 116 Å². The fourth-order valence-corrected chi connectivity index (χ4v) is 5.27. The highest BCUT2D eigenvalue weighted by molar-refractivity contribution is 8.03. The number of Topliss-reactive ketones (excluding diaryl/α,β-unsaturated/α-hetero) is 1. The maximum atomic E-state index is 14.3. The van der Waals surface area contributed by atoms with Crippen molar-refractivity contribution in [3.05, 3.63) is 67.8 Å². The summed E-state index contributed by atoms with van der Waals surface area (Å²) in [5.41, 5.74) is 1.14. The standard InChI is InChI=1S/C20H15ClF3N3O3S2/c21-12-5-2-1-4-10(12)15-11(8-25)18(32-9-14(26)28)27-19(30,20(22,23)24)16(15)17(29)13-6-3-7-31-13/h1-7,15-16,27,30H,9H2,(H2,26,28)/t15-,16+,19-/m1/s1. The van der Waals surface area contributed by atoms with Gasteiger partial charge in [-0.1, -0.05) is 47.6 Å². The van der Waals surface area contributed by atoms with Crippen LogP contribution in [0.2, 0.25) is 5.02 Å². The number of primary amides is 1. The maximum absolute atomic E-state index is 14.3. The number of aliphatic hydroxyl groups is 1. The monoisotopic (exact) mass is 501 g/mol. The number of nitrogens with two attached hydrogens (primary N) is 1. The van der Waals surface area contributed by atoms with E-state index in [1.54, 1.807) is 0 Å². The third-order valence-electron chi connectivity index (χ3n) is 4.84. The van der Waals surface area contributed by atoms with E-state index in [1.165, 1.54) is 41.8 Å². The molecule has 3 atom stereocenters. The summed E-state index contributed by atoms with van der Waals surface area (Å²) in [5.74, 6) is -6.03. The molecule has 2 aromatic rings. The third-order valence-corrected chi connectivity index (χ3v) is 7.11. The van der Waals surface area contributed by atoms with Gasteiger partial charge >= 0.3 is 6.18 Å². The van der Waals surface area contributed by atoms with Gasteiger partial charge < -0.3 is 16.2 Å². The second kappa shape index (κ2) is 9.15. The molecule has 6 nitrogen and oxygen atoms in total. The molecule has 2 heterocycles. The number of nitrogens with one attached hydrogen (secondary N) is 1. The number of rotatable bonds is 6. The molecular formula is C20H15ClF3N3O3S2. The number of nitriles is 1. The van der Waals surface area contributed by atoms with E-state index in [0.717, 1.165) is 11.3 Å². The van der Waals surface area contributed by atoms with Gasteiger partial charge in [0.2, 0.25) is 11.6 Å². The first-order chi connectivity index (χ1) is 15.0. The van der Waals surface area contributed by atoms with Gasteiger partial charge in [-0.15, -0.1) is 11.3 Å². The summed E-state index contributed by atoms with van der Waals surface area (Å²) < 4.78 is 42.8. The largest absolute Gasteiger partial charge is 0.437 e. The molecule has 0 radical (unpaired) electrons. The molecule has 168 valence electrons. The highest BCUT2D eigenvalue weighted by Crippen LogP contribution is 2.52. The van der Waals surface area contributed by atoms with Gasteiger partial charge in [0.15, 0.2) is 5.78 Å². The van der Waals surface area contributed by atoms with Crippen LogP contribution >= 0.6 is 34.7 Å². The van der Waals surface area contributed by atoms with Crippen LogP contribution in [0.25, 0.3) is 0 Å². The minimum absolute atomic E-state index is 0.0138. The first-order valence-corrected chi connectivity index (χ1v) is 11.2. The van der Waals surface area contributed by atoms with Crippen molar-refractivity contribution >= 4 is 46.4 Å². The number of thiophene rings is 1. The van der Waals surface area contributed by atoms with E-state index in [0.29, 0.717) is 11.8 Å². The molecule has 32 heavy (non-hydrogen) atoms. The van der Waals surface area contributed by atoms with Crippen LogP contribution in [0.15, 0.2) is 52.4 Å². The highest BCUT2D eigenvalue weighted by atomic mass is 35.5. The highest BCUT2D eigenvalue weighted by Gasteiger charge is 2.66. The van der Waals surface area contributed by atoms with Crippen LogP contribution in [0, 0.1) is 17.2 Å². The predicted octanol–water partition coefficient (Wildman–Crippen LogP) is 3.79. The van der Waals surface area contributed by atoms with Crippen molar-refractivity contribution in [1.82, 2.24) is 5.32 Å². The maximum Gasteiger partial charge on any atom is 0.437 e. The van der Waals surface area contributed by atoms with Gasteiger partial charge in [-0.05, 0) is 23.1 Å². The van der Waals surface area contributed by atoms with Gasteiger partial charge in [-0.3, -0.25) is 9.59 Å². The van der Waals surface area contributed by atoms with Gasteiger partial charge in [0.25, 0.3) is 0 Å². The molecule has 0 fully saturated rings. The van der Waals surface area contributed by atoms with Crippen LogP contribution in [0.5, 0.6) is 0 Å². The number of allylic oxidation sites excluding steroid dienone is 1. The van der Waals surface area contributed by atoms with Crippen molar-refractivity contribution in [3.8, 4) is 6.07 Å². The number of benzene rings is 1. The zero-order valence-corrected chi connectivity index (χ0v) is 18.4. The van der Waals surface area contributed by atoms with Crippen molar-refractivity contribution in [2.24, 2.45) is 11.7 Å². The Bertz CT molecular complexity index is 1120. The van der Waals surface area contributed by atoms with E-state index in [1.807, 2.05) is 11.4 Å². The van der Waals surface area contributed by atoms with Crippen molar-refractivity contribution in [2.75, 3.05) is 5.75 Å². The van der Waals surface area contributed by atoms with E-state index in [9.17, 15) is 33.1 Å². The van der Waals surface area contributed by atoms with Gasteiger partial charge in [0.1, 0.15) is 0 Å². The first-order valence-electron chi connectivity index (χ1n) is 8.96. The quantitative estimate of drug-likeness (QED) is 0.518. The van der Waals surface area contributed by atoms with E-state index < -0.39 is 46.2 Å². The second-order valence-electron chi connectivity index (χ2n) is 6.82. The molecule has 0 spiro atoms. The average molecular weight is 502 g/mol. The number of hydrogen-bond donors (Lipinski definition) is 3. The number of nitrogens with zero attached hydrogens (tertiary/aromatic N) is 1. The molecule has 1 aliphatic heterocycles. The summed E-state index contributed by atoms with van der Waals surface area (Å²) in [6, 6.07) is 10.5. The molecule has 1 amide bonds.